The molecule has 9 nitrogen and oxygen atoms in total. The number of pyridine rings is 1. The number of hydrogen-bond donors (Lipinski definition) is 3. The van der Waals surface area contributed by atoms with E-state index in [1.54, 1.807) is 49.5 Å². The van der Waals surface area contributed by atoms with E-state index in [0.29, 0.717) is 47.3 Å². The van der Waals surface area contributed by atoms with Crippen LogP contribution in [0, 0.1) is 11.7 Å². The number of anilines is 1. The maximum atomic E-state index is 14.4. The van der Waals surface area contributed by atoms with Crippen LogP contribution in [-0.4, -0.2) is 35.6 Å². The molecule has 3 aromatic rings. The first-order valence-electron chi connectivity index (χ1n) is 13.3. The van der Waals surface area contributed by atoms with E-state index in [1.165, 1.54) is 19.2 Å². The van der Waals surface area contributed by atoms with Crippen molar-refractivity contribution in [1.82, 2.24) is 10.3 Å². The highest BCUT2D eigenvalue weighted by molar-refractivity contribution is 6.31. The second-order valence-electron chi connectivity index (χ2n) is 9.92. The van der Waals surface area contributed by atoms with Crippen LogP contribution < -0.4 is 16.4 Å². The highest BCUT2D eigenvalue weighted by Crippen LogP contribution is 2.33. The maximum Gasteiger partial charge on any atom is 0.337 e. The number of ether oxygens (including phenoxy) is 1. The molecule has 0 fully saturated rings. The van der Waals surface area contributed by atoms with Crippen LogP contribution in [0.4, 0.5) is 15.8 Å². The Kier molecular flexibility index (Phi) is 9.69. The molecule has 2 heterocycles. The molecule has 1 aliphatic heterocycles. The molecule has 2 amide bonds. The molecule has 2 bridgehead atoms. The van der Waals surface area contributed by atoms with Gasteiger partial charge in [-0.1, -0.05) is 31.0 Å². The number of carbonyl (C=O) groups is 3. The third kappa shape index (κ3) is 6.83. The van der Waals surface area contributed by atoms with Gasteiger partial charge in [0.2, 0.25) is 5.91 Å². The van der Waals surface area contributed by atoms with Crippen molar-refractivity contribution in [2.45, 2.75) is 39.2 Å². The van der Waals surface area contributed by atoms with Gasteiger partial charge in [0.1, 0.15) is 5.69 Å². The Morgan fingerprint density at radius 2 is 2.00 bits per heavy atom. The van der Waals surface area contributed by atoms with Crippen molar-refractivity contribution in [3.63, 3.8) is 0 Å². The van der Waals surface area contributed by atoms with E-state index in [9.17, 15) is 18.8 Å². The Bertz CT molecular complexity index is 1590. The lowest BCUT2D eigenvalue weighted by Gasteiger charge is -2.23. The summed E-state index contributed by atoms with van der Waals surface area (Å²) in [6.45, 7) is 3.38. The summed E-state index contributed by atoms with van der Waals surface area (Å²) >= 11 is 5.87. The number of fused-ring (bicyclic) bond motifs is 4. The zero-order valence-corrected chi connectivity index (χ0v) is 24.2. The van der Waals surface area contributed by atoms with Gasteiger partial charge < -0.3 is 21.1 Å². The van der Waals surface area contributed by atoms with Crippen molar-refractivity contribution in [2.24, 2.45) is 16.6 Å². The highest BCUT2D eigenvalue weighted by atomic mass is 35.5. The summed E-state index contributed by atoms with van der Waals surface area (Å²) in [5.41, 5.74) is 8.74. The topological polar surface area (TPSA) is 136 Å². The summed E-state index contributed by atoms with van der Waals surface area (Å²) in [5.74, 6) is -2.22. The van der Waals surface area contributed by atoms with E-state index in [2.05, 4.69) is 20.6 Å². The summed E-state index contributed by atoms with van der Waals surface area (Å²) < 4.78 is 19.3. The number of benzene rings is 2. The van der Waals surface area contributed by atoms with Gasteiger partial charge in [0.05, 0.1) is 40.7 Å². The molecule has 218 valence electrons. The zero-order valence-electron chi connectivity index (χ0n) is 23.4. The molecular weight excluding hydrogens is 561 g/mol. The highest BCUT2D eigenvalue weighted by Gasteiger charge is 2.24. The number of nitrogens with one attached hydrogen (secondary N) is 2. The summed E-state index contributed by atoms with van der Waals surface area (Å²) in [7, 11) is 1.30. The number of methoxy groups -OCH3 is 1. The van der Waals surface area contributed by atoms with Crippen molar-refractivity contribution in [1.29, 1.82) is 0 Å². The van der Waals surface area contributed by atoms with Gasteiger partial charge in [0.15, 0.2) is 5.82 Å². The van der Waals surface area contributed by atoms with Crippen molar-refractivity contribution >= 4 is 46.5 Å². The molecule has 42 heavy (non-hydrogen) atoms. The van der Waals surface area contributed by atoms with Crippen LogP contribution in [0.2, 0.25) is 5.02 Å². The summed E-state index contributed by atoms with van der Waals surface area (Å²) in [6.07, 6.45) is 4.37. The molecule has 4 N–H and O–H groups in total. The normalized spacial score (nSPS) is 17.7. The standard InChI is InChI=1S/C31H31ClFN5O4/c1-17-6-4-8-25(38-30(40)22(16-34)18(2)36-26-9-5-7-23(32)28(26)33)27-15-19(12-13-35-27)21-14-20(31(41)42-3)10-11-24(21)37-29(17)39/h5,7,9-17,25H,4,6,8,34H2,1-3H3,(H,37,39)(H,38,40)/t17-,25+/m1/s1. The second-order valence-corrected chi connectivity index (χ2v) is 10.3. The van der Waals surface area contributed by atoms with E-state index >= 15 is 0 Å². The fourth-order valence-corrected chi connectivity index (χ4v) is 4.84. The molecule has 2 aromatic carbocycles. The van der Waals surface area contributed by atoms with Gasteiger partial charge >= 0.3 is 5.97 Å². The third-order valence-corrected chi connectivity index (χ3v) is 7.34. The number of nitrogens with two attached hydrogens (primary N) is 1. The molecule has 0 spiro atoms. The predicted octanol–water partition coefficient (Wildman–Crippen LogP) is 5.88. The van der Waals surface area contributed by atoms with E-state index in [0.717, 1.165) is 6.20 Å². The van der Waals surface area contributed by atoms with E-state index in [-0.39, 0.29) is 33.8 Å². The monoisotopic (exact) mass is 591 g/mol. The zero-order chi connectivity index (χ0) is 30.4. The van der Waals surface area contributed by atoms with Gasteiger partial charge in [-0.15, -0.1) is 0 Å². The van der Waals surface area contributed by atoms with Gasteiger partial charge in [-0.2, -0.15) is 0 Å². The number of aliphatic imine (C=N–C) groups is 1. The fraction of sp³-hybridized carbons (Fsp3) is 0.258. The molecule has 0 saturated heterocycles. The number of carbonyl (C=O) groups excluding carboxylic acids is 3. The van der Waals surface area contributed by atoms with Crippen LogP contribution in [0.15, 0.2) is 71.5 Å². The number of rotatable bonds is 5. The molecule has 2 atom stereocenters. The smallest absolute Gasteiger partial charge is 0.337 e. The van der Waals surface area contributed by atoms with E-state index < -0.39 is 23.7 Å². The number of aromatic nitrogens is 1. The van der Waals surface area contributed by atoms with Crippen LogP contribution in [0.5, 0.6) is 0 Å². The largest absolute Gasteiger partial charge is 0.465 e. The Hall–Kier alpha value is -4.57. The third-order valence-electron chi connectivity index (χ3n) is 7.05. The predicted molar refractivity (Wildman–Crippen MR) is 160 cm³/mol. The summed E-state index contributed by atoms with van der Waals surface area (Å²) in [6, 6.07) is 12.3. The van der Waals surface area contributed by atoms with Crippen molar-refractivity contribution in [2.75, 3.05) is 12.4 Å². The quantitative estimate of drug-likeness (QED) is 0.193. The number of amides is 2. The maximum absolute atomic E-state index is 14.4. The first-order valence-corrected chi connectivity index (χ1v) is 13.7. The molecule has 0 saturated carbocycles. The van der Waals surface area contributed by atoms with Gasteiger partial charge in [-0.05, 0) is 67.8 Å². The van der Waals surface area contributed by atoms with E-state index in [1.807, 2.05) is 6.92 Å². The molecule has 1 aromatic heterocycles. The minimum absolute atomic E-state index is 0.0234. The molecule has 0 unspecified atom stereocenters. The van der Waals surface area contributed by atoms with Crippen molar-refractivity contribution in [3.8, 4) is 11.1 Å². The number of halogens is 2. The fourth-order valence-electron chi connectivity index (χ4n) is 4.67. The molecule has 0 radical (unpaired) electrons. The Morgan fingerprint density at radius 1 is 1.21 bits per heavy atom. The first-order chi connectivity index (χ1) is 20.1. The number of hydrogen-bond acceptors (Lipinski definition) is 7. The van der Waals surface area contributed by atoms with Crippen LogP contribution in [-0.2, 0) is 14.3 Å². The average molecular weight is 592 g/mol. The molecular formula is C31H31ClFN5O4. The molecule has 0 aliphatic carbocycles. The lowest BCUT2D eigenvalue weighted by Crippen LogP contribution is -2.33. The average Bonchev–Trinajstić information content (AvgIpc) is 2.98. The van der Waals surface area contributed by atoms with E-state index in [4.69, 9.17) is 22.1 Å². The minimum Gasteiger partial charge on any atom is -0.465 e. The van der Waals surface area contributed by atoms with Crippen LogP contribution in [0.25, 0.3) is 11.1 Å². The Labute approximate surface area is 248 Å². The lowest BCUT2D eigenvalue weighted by atomic mass is 9.94. The Balaban J connectivity index is 1.71. The van der Waals surface area contributed by atoms with Gasteiger partial charge in [-0.25, -0.2) is 14.2 Å². The van der Waals surface area contributed by atoms with Crippen LogP contribution in [0.3, 0.4) is 0 Å². The molecule has 11 heteroatoms. The summed E-state index contributed by atoms with van der Waals surface area (Å²) in [5, 5.41) is 5.87. The van der Waals surface area contributed by atoms with Crippen molar-refractivity contribution in [3.05, 3.63) is 88.6 Å². The minimum atomic E-state index is -0.704. The lowest BCUT2D eigenvalue weighted by molar-refractivity contribution is -0.120. The van der Waals surface area contributed by atoms with Crippen LogP contribution in [0.1, 0.15) is 55.2 Å². The SMILES string of the molecule is COC(=O)c1ccc2c(c1)-c1ccnc(c1)[C@@H](NC(=O)C(=CN)C(C)=Nc1cccc(Cl)c1F)CCC[C@@H](C)C(=O)N2. The first kappa shape index (κ1) is 30.4. The van der Waals surface area contributed by atoms with Gasteiger partial charge in [-0.3, -0.25) is 14.6 Å². The number of nitrogens with zero attached hydrogens (tertiary/aromatic N) is 2. The molecule has 1 aliphatic rings. The Morgan fingerprint density at radius 3 is 2.74 bits per heavy atom. The second kappa shape index (κ2) is 13.4. The van der Waals surface area contributed by atoms with Gasteiger partial charge in [0, 0.05) is 29.6 Å². The summed E-state index contributed by atoms with van der Waals surface area (Å²) in [4.78, 5) is 47.5. The number of esters is 1. The van der Waals surface area contributed by atoms with Crippen LogP contribution >= 0.6 is 11.6 Å². The van der Waals surface area contributed by atoms with Crippen molar-refractivity contribution < 1.29 is 23.5 Å². The van der Waals surface area contributed by atoms with Gasteiger partial charge in [0.25, 0.3) is 5.91 Å². The molecule has 4 rings (SSSR count).